The molecule has 2 N–H and O–H groups in total. The number of nitrogens with one attached hydrogen (secondary N) is 2. The summed E-state index contributed by atoms with van der Waals surface area (Å²) < 4.78 is 9.98. The van der Waals surface area contributed by atoms with Gasteiger partial charge in [-0.3, -0.25) is 14.4 Å². The van der Waals surface area contributed by atoms with E-state index in [9.17, 15) is 14.4 Å². The minimum Gasteiger partial charge on any atom is -0.497 e. The van der Waals surface area contributed by atoms with Crippen molar-refractivity contribution in [3.8, 4) is 5.75 Å². The molecule has 0 atom stereocenters. The number of ether oxygens (including phenoxy) is 2. The predicted molar refractivity (Wildman–Crippen MR) is 102 cm³/mol. The molecule has 0 fully saturated rings. The van der Waals surface area contributed by atoms with Crippen LogP contribution in [0.1, 0.15) is 22.3 Å². The number of methoxy groups -OCH3 is 1. The molecule has 0 aliphatic carbocycles. The summed E-state index contributed by atoms with van der Waals surface area (Å²) in [6.45, 7) is 0.270. The molecule has 0 spiro atoms. The fourth-order valence-corrected chi connectivity index (χ4v) is 2.82. The topological polar surface area (TPSA) is 93.7 Å². The molecule has 7 nitrogen and oxygen atoms in total. The predicted octanol–water partition coefficient (Wildman–Crippen LogP) is 1.78. The highest BCUT2D eigenvalue weighted by atomic mass is 32.1. The number of hydrogen-bond acceptors (Lipinski definition) is 6. The number of benzene rings is 1. The van der Waals surface area contributed by atoms with Gasteiger partial charge in [-0.2, -0.15) is 11.3 Å². The van der Waals surface area contributed by atoms with Crippen molar-refractivity contribution in [2.45, 2.75) is 12.8 Å². The van der Waals surface area contributed by atoms with Crippen molar-refractivity contribution in [1.82, 2.24) is 10.6 Å². The van der Waals surface area contributed by atoms with E-state index in [1.165, 1.54) is 11.3 Å². The van der Waals surface area contributed by atoms with Crippen molar-refractivity contribution in [2.24, 2.45) is 0 Å². The first-order valence-electron chi connectivity index (χ1n) is 8.44. The summed E-state index contributed by atoms with van der Waals surface area (Å²) in [5.41, 5.74) is 1.62. The molecule has 0 bridgehead atoms. The zero-order chi connectivity index (χ0) is 19.5. The highest BCUT2D eigenvalue weighted by Gasteiger charge is 2.09. The van der Waals surface area contributed by atoms with Crippen molar-refractivity contribution in [2.75, 3.05) is 26.8 Å². The molecule has 1 heterocycles. The van der Waals surface area contributed by atoms with Crippen LogP contribution in [0.25, 0.3) is 0 Å². The SMILES string of the molecule is COc1ccc(CCNC(=O)COC(=O)CCNC(=O)c2ccsc2)cc1. The Bertz CT molecular complexity index is 744. The zero-order valence-corrected chi connectivity index (χ0v) is 15.8. The van der Waals surface area contributed by atoms with Gasteiger partial charge in [-0.25, -0.2) is 0 Å². The van der Waals surface area contributed by atoms with E-state index in [-0.39, 0.29) is 31.4 Å². The number of esters is 1. The third-order valence-corrected chi connectivity index (χ3v) is 4.34. The minimum atomic E-state index is -0.536. The lowest BCUT2D eigenvalue weighted by Gasteiger charge is -2.08. The second-order valence-corrected chi connectivity index (χ2v) is 6.41. The quantitative estimate of drug-likeness (QED) is 0.603. The van der Waals surface area contributed by atoms with Crippen LogP contribution in [0, 0.1) is 0 Å². The summed E-state index contributed by atoms with van der Waals surface area (Å²) in [5.74, 6) is -0.355. The van der Waals surface area contributed by atoms with Crippen molar-refractivity contribution < 1.29 is 23.9 Å². The van der Waals surface area contributed by atoms with Crippen molar-refractivity contribution in [3.63, 3.8) is 0 Å². The molecule has 1 aromatic carbocycles. The van der Waals surface area contributed by atoms with Gasteiger partial charge >= 0.3 is 5.97 Å². The van der Waals surface area contributed by atoms with E-state index in [1.54, 1.807) is 23.9 Å². The highest BCUT2D eigenvalue weighted by Crippen LogP contribution is 2.11. The molecule has 0 saturated carbocycles. The van der Waals surface area contributed by atoms with E-state index in [1.807, 2.05) is 24.3 Å². The van der Waals surface area contributed by atoms with Crippen LogP contribution in [0.4, 0.5) is 0 Å². The summed E-state index contributed by atoms with van der Waals surface area (Å²) in [7, 11) is 1.61. The Morgan fingerprint density at radius 1 is 1.04 bits per heavy atom. The molecular weight excluding hydrogens is 368 g/mol. The molecular formula is C19H22N2O5S. The molecule has 2 amide bonds. The Kier molecular flexibility index (Phi) is 8.31. The van der Waals surface area contributed by atoms with Gasteiger partial charge in [0.05, 0.1) is 13.5 Å². The lowest BCUT2D eigenvalue weighted by molar-refractivity contribution is -0.148. The molecule has 0 saturated heterocycles. The molecule has 0 radical (unpaired) electrons. The first-order chi connectivity index (χ1) is 13.1. The molecule has 27 heavy (non-hydrogen) atoms. The Labute approximate surface area is 161 Å². The van der Waals surface area contributed by atoms with Crippen molar-refractivity contribution in [3.05, 3.63) is 52.2 Å². The Morgan fingerprint density at radius 3 is 2.48 bits per heavy atom. The average Bonchev–Trinajstić information content (AvgIpc) is 3.22. The van der Waals surface area contributed by atoms with Crippen LogP contribution >= 0.6 is 11.3 Å². The minimum absolute atomic E-state index is 0.00893. The fraction of sp³-hybridized carbons (Fsp3) is 0.316. The van der Waals surface area contributed by atoms with Gasteiger partial charge in [-0.05, 0) is 35.6 Å². The molecule has 2 rings (SSSR count). The van der Waals surface area contributed by atoms with Crippen LogP contribution in [0.3, 0.4) is 0 Å². The number of thiophene rings is 1. The van der Waals surface area contributed by atoms with Crippen LogP contribution in [0.2, 0.25) is 0 Å². The van der Waals surface area contributed by atoms with E-state index in [4.69, 9.17) is 9.47 Å². The number of carbonyl (C=O) groups is 3. The molecule has 144 valence electrons. The third-order valence-electron chi connectivity index (χ3n) is 3.66. The summed E-state index contributed by atoms with van der Waals surface area (Å²) in [6.07, 6.45) is 0.674. The van der Waals surface area contributed by atoms with Crippen LogP contribution in [0.5, 0.6) is 5.75 Å². The zero-order valence-electron chi connectivity index (χ0n) is 15.0. The Balaban J connectivity index is 1.55. The molecule has 0 aliphatic heterocycles. The van der Waals surface area contributed by atoms with E-state index in [0.717, 1.165) is 11.3 Å². The van der Waals surface area contributed by atoms with Gasteiger partial charge in [0.1, 0.15) is 5.75 Å². The molecule has 2 aromatic rings. The standard InChI is InChI=1S/C19H22N2O5S/c1-25-16-4-2-14(3-5-16)6-9-20-17(22)12-26-18(23)7-10-21-19(24)15-8-11-27-13-15/h2-5,8,11,13H,6-7,9-10,12H2,1H3,(H,20,22)(H,21,24). The molecule has 0 aliphatic rings. The molecule has 1 aromatic heterocycles. The maximum atomic E-state index is 11.7. The second-order valence-electron chi connectivity index (χ2n) is 5.63. The van der Waals surface area contributed by atoms with Gasteiger partial charge in [0.25, 0.3) is 11.8 Å². The maximum Gasteiger partial charge on any atom is 0.308 e. The van der Waals surface area contributed by atoms with Crippen molar-refractivity contribution >= 4 is 29.1 Å². The lowest BCUT2D eigenvalue weighted by atomic mass is 10.1. The normalized spacial score (nSPS) is 10.1. The van der Waals surface area contributed by atoms with Gasteiger partial charge in [0.15, 0.2) is 6.61 Å². The van der Waals surface area contributed by atoms with Gasteiger partial charge in [-0.15, -0.1) is 0 Å². The van der Waals surface area contributed by atoms with Gasteiger partial charge in [-0.1, -0.05) is 12.1 Å². The largest absolute Gasteiger partial charge is 0.497 e. The third kappa shape index (κ3) is 7.49. The van der Waals surface area contributed by atoms with Gasteiger partial charge < -0.3 is 20.1 Å². The lowest BCUT2D eigenvalue weighted by Crippen LogP contribution is -2.31. The maximum absolute atomic E-state index is 11.7. The van der Waals surface area contributed by atoms with Gasteiger partial charge in [0, 0.05) is 24.0 Å². The smallest absolute Gasteiger partial charge is 0.308 e. The summed E-state index contributed by atoms with van der Waals surface area (Å²) in [5, 5.41) is 8.84. The molecule has 8 heteroatoms. The van der Waals surface area contributed by atoms with E-state index in [0.29, 0.717) is 18.5 Å². The number of amides is 2. The number of carbonyl (C=O) groups excluding carboxylic acids is 3. The van der Waals surface area contributed by atoms with Crippen molar-refractivity contribution in [1.29, 1.82) is 0 Å². The van der Waals surface area contributed by atoms with E-state index in [2.05, 4.69) is 10.6 Å². The summed E-state index contributed by atoms with van der Waals surface area (Å²) >= 11 is 1.42. The first-order valence-corrected chi connectivity index (χ1v) is 9.38. The van der Waals surface area contributed by atoms with E-state index >= 15 is 0 Å². The van der Waals surface area contributed by atoms with Gasteiger partial charge in [0.2, 0.25) is 0 Å². The fourth-order valence-electron chi connectivity index (χ4n) is 2.18. The Morgan fingerprint density at radius 2 is 1.81 bits per heavy atom. The average molecular weight is 390 g/mol. The Hall–Kier alpha value is -2.87. The monoisotopic (exact) mass is 390 g/mol. The first kappa shape index (κ1) is 20.4. The molecule has 0 unspecified atom stereocenters. The summed E-state index contributed by atoms with van der Waals surface area (Å²) in [6, 6.07) is 9.27. The summed E-state index contributed by atoms with van der Waals surface area (Å²) in [4.78, 5) is 35.0. The second kappa shape index (κ2) is 11.0. The van der Waals surface area contributed by atoms with Crippen LogP contribution in [-0.2, 0) is 20.7 Å². The number of hydrogen-bond donors (Lipinski definition) is 2. The van der Waals surface area contributed by atoms with Crippen LogP contribution < -0.4 is 15.4 Å². The van der Waals surface area contributed by atoms with E-state index < -0.39 is 5.97 Å². The van der Waals surface area contributed by atoms with Crippen LogP contribution in [0.15, 0.2) is 41.1 Å². The highest BCUT2D eigenvalue weighted by molar-refractivity contribution is 7.08. The number of rotatable bonds is 10. The van der Waals surface area contributed by atoms with Crippen LogP contribution in [-0.4, -0.2) is 44.6 Å².